The van der Waals surface area contributed by atoms with Crippen molar-refractivity contribution >= 4 is 8.32 Å². The van der Waals surface area contributed by atoms with Gasteiger partial charge in [0.2, 0.25) is 0 Å². The van der Waals surface area contributed by atoms with Crippen molar-refractivity contribution in [1.82, 2.24) is 0 Å². The molecule has 4 nitrogen and oxygen atoms in total. The molecular formula is C13H26O4Si. The van der Waals surface area contributed by atoms with Gasteiger partial charge >= 0.3 is 0 Å². The highest BCUT2D eigenvalue weighted by atomic mass is 28.4. The van der Waals surface area contributed by atoms with E-state index in [-0.39, 0.29) is 23.2 Å². The van der Waals surface area contributed by atoms with E-state index in [0.717, 1.165) is 0 Å². The molecule has 0 aliphatic carbocycles. The van der Waals surface area contributed by atoms with Crippen LogP contribution < -0.4 is 0 Å². The fourth-order valence-electron chi connectivity index (χ4n) is 2.21. The molecule has 0 radical (unpaired) electrons. The van der Waals surface area contributed by atoms with Crippen molar-refractivity contribution in [2.75, 3.05) is 6.61 Å². The van der Waals surface area contributed by atoms with Crippen LogP contribution in [-0.2, 0) is 13.9 Å². The monoisotopic (exact) mass is 274 g/mol. The summed E-state index contributed by atoms with van der Waals surface area (Å²) in [5.74, 6) is 0.0681. The molecule has 18 heavy (non-hydrogen) atoms. The van der Waals surface area contributed by atoms with E-state index in [0.29, 0.717) is 6.61 Å². The third kappa shape index (κ3) is 2.39. The fraction of sp³-hybridized carbons (Fsp3) is 1.00. The predicted molar refractivity (Wildman–Crippen MR) is 71.9 cm³/mol. The molecule has 2 saturated heterocycles. The summed E-state index contributed by atoms with van der Waals surface area (Å²) in [6, 6.07) is 0. The van der Waals surface area contributed by atoms with Crippen LogP contribution in [0.2, 0.25) is 18.1 Å². The Labute approximate surface area is 111 Å². The highest BCUT2D eigenvalue weighted by molar-refractivity contribution is 6.74. The zero-order valence-electron chi connectivity index (χ0n) is 12.3. The molecule has 5 atom stereocenters. The minimum Gasteiger partial charge on any atom is -0.406 e. The fourth-order valence-corrected chi connectivity index (χ4v) is 3.50. The molecule has 0 amide bonds. The number of hydrogen-bond acceptors (Lipinski definition) is 4. The topological polar surface area (TPSA) is 47.9 Å². The summed E-state index contributed by atoms with van der Waals surface area (Å²) >= 11 is 0. The average Bonchev–Trinajstić information content (AvgIpc) is 2.66. The molecule has 2 heterocycles. The Hall–Kier alpha value is 0.0569. The summed E-state index contributed by atoms with van der Waals surface area (Å²) < 4.78 is 17.7. The van der Waals surface area contributed by atoms with Crippen molar-refractivity contribution in [1.29, 1.82) is 0 Å². The van der Waals surface area contributed by atoms with Gasteiger partial charge in [-0.15, -0.1) is 0 Å². The number of aliphatic hydroxyl groups is 1. The molecule has 2 unspecified atom stereocenters. The van der Waals surface area contributed by atoms with E-state index in [4.69, 9.17) is 13.9 Å². The van der Waals surface area contributed by atoms with Crippen LogP contribution in [0.25, 0.3) is 0 Å². The molecule has 106 valence electrons. The van der Waals surface area contributed by atoms with E-state index >= 15 is 0 Å². The maximum Gasteiger partial charge on any atom is 0.192 e. The van der Waals surface area contributed by atoms with Gasteiger partial charge in [-0.05, 0) is 18.1 Å². The van der Waals surface area contributed by atoms with Crippen LogP contribution in [0.1, 0.15) is 27.7 Å². The van der Waals surface area contributed by atoms with Crippen LogP contribution in [-0.4, -0.2) is 44.6 Å². The molecule has 0 spiro atoms. The highest BCUT2D eigenvalue weighted by Crippen LogP contribution is 2.41. The first kappa shape index (κ1) is 14.5. The Balaban J connectivity index is 2.13. The van der Waals surface area contributed by atoms with Crippen LogP contribution >= 0.6 is 0 Å². The normalized spacial score (nSPS) is 41.2. The molecule has 0 aromatic heterocycles. The van der Waals surface area contributed by atoms with Gasteiger partial charge < -0.3 is 19.0 Å². The van der Waals surface area contributed by atoms with Gasteiger partial charge in [-0.2, -0.15) is 0 Å². The Kier molecular flexibility index (Phi) is 3.66. The third-order valence-corrected chi connectivity index (χ3v) is 9.17. The van der Waals surface area contributed by atoms with Crippen molar-refractivity contribution < 1.29 is 19.0 Å². The van der Waals surface area contributed by atoms with Gasteiger partial charge in [-0.3, -0.25) is 0 Å². The summed E-state index contributed by atoms with van der Waals surface area (Å²) in [5.41, 5.74) is 0. The van der Waals surface area contributed by atoms with E-state index in [2.05, 4.69) is 33.9 Å². The molecular weight excluding hydrogens is 248 g/mol. The average molecular weight is 274 g/mol. The molecule has 0 aromatic carbocycles. The van der Waals surface area contributed by atoms with Gasteiger partial charge in [-0.25, -0.2) is 0 Å². The van der Waals surface area contributed by atoms with Gasteiger partial charge in [0.1, 0.15) is 6.10 Å². The third-order valence-electron chi connectivity index (χ3n) is 4.70. The lowest BCUT2D eigenvalue weighted by molar-refractivity contribution is -0.205. The lowest BCUT2D eigenvalue weighted by atomic mass is 9.93. The van der Waals surface area contributed by atoms with E-state index in [1.165, 1.54) is 0 Å². The minimum atomic E-state index is -1.92. The lowest BCUT2D eigenvalue weighted by Crippen LogP contribution is -2.56. The maximum absolute atomic E-state index is 10.4. The first-order chi connectivity index (χ1) is 8.13. The van der Waals surface area contributed by atoms with Crippen LogP contribution in [0, 0.1) is 5.92 Å². The Morgan fingerprint density at radius 1 is 1.28 bits per heavy atom. The largest absolute Gasteiger partial charge is 0.406 e. The number of fused-ring (bicyclic) bond motifs is 2. The van der Waals surface area contributed by atoms with Crippen molar-refractivity contribution in [3.05, 3.63) is 0 Å². The smallest absolute Gasteiger partial charge is 0.192 e. The number of aliphatic hydroxyl groups excluding tert-OH is 1. The van der Waals surface area contributed by atoms with Crippen LogP contribution in [0.3, 0.4) is 0 Å². The van der Waals surface area contributed by atoms with Crippen molar-refractivity contribution in [2.24, 2.45) is 5.92 Å². The standard InChI is InChI=1S/C13H26O4Si/c1-8-9-7-15-12(16-9)11(10(8)14)17-18(5,6)13(2,3)4/h8-12,14H,7H2,1-6H3/t8?,9-,10+,11?,12-/m1/s1. The van der Waals surface area contributed by atoms with E-state index < -0.39 is 20.7 Å². The summed E-state index contributed by atoms with van der Waals surface area (Å²) in [5, 5.41) is 10.5. The first-order valence-corrected chi connectivity index (χ1v) is 9.67. The van der Waals surface area contributed by atoms with E-state index in [1.54, 1.807) is 0 Å². The predicted octanol–water partition coefficient (Wildman–Crippen LogP) is 2.13. The molecule has 1 N–H and O–H groups in total. The molecule has 2 aliphatic rings. The summed E-state index contributed by atoms with van der Waals surface area (Å²) in [6.45, 7) is 13.5. The van der Waals surface area contributed by atoms with Gasteiger partial charge in [0.05, 0.1) is 18.8 Å². The molecule has 5 heteroatoms. The van der Waals surface area contributed by atoms with Crippen LogP contribution in [0.5, 0.6) is 0 Å². The quantitative estimate of drug-likeness (QED) is 0.784. The SMILES string of the molecule is CC1[C@H](O)C(O[Si](C)(C)C(C)(C)C)[C@@H]2OC[C@H]1O2. The molecule has 2 aliphatic heterocycles. The number of hydrogen-bond donors (Lipinski definition) is 1. The second kappa shape index (κ2) is 4.56. The molecule has 2 rings (SSSR count). The van der Waals surface area contributed by atoms with Gasteiger partial charge in [-0.1, -0.05) is 27.7 Å². The van der Waals surface area contributed by atoms with Crippen molar-refractivity contribution in [3.63, 3.8) is 0 Å². The highest BCUT2D eigenvalue weighted by Gasteiger charge is 2.52. The molecule has 2 fully saturated rings. The molecule has 2 bridgehead atoms. The van der Waals surface area contributed by atoms with Gasteiger partial charge in [0.15, 0.2) is 14.6 Å². The second-order valence-corrected chi connectivity index (χ2v) is 11.8. The van der Waals surface area contributed by atoms with Crippen LogP contribution in [0.15, 0.2) is 0 Å². The van der Waals surface area contributed by atoms with Crippen LogP contribution in [0.4, 0.5) is 0 Å². The van der Waals surface area contributed by atoms with E-state index in [9.17, 15) is 5.11 Å². The Bertz CT molecular complexity index is 313. The zero-order chi connectivity index (χ0) is 13.7. The van der Waals surface area contributed by atoms with Gasteiger partial charge in [0.25, 0.3) is 0 Å². The zero-order valence-corrected chi connectivity index (χ0v) is 13.3. The van der Waals surface area contributed by atoms with Crippen molar-refractivity contribution in [3.8, 4) is 0 Å². The summed E-state index contributed by atoms with van der Waals surface area (Å²) in [4.78, 5) is 0. The first-order valence-electron chi connectivity index (χ1n) is 6.76. The summed E-state index contributed by atoms with van der Waals surface area (Å²) in [7, 11) is -1.92. The van der Waals surface area contributed by atoms with E-state index in [1.807, 2.05) is 6.92 Å². The van der Waals surface area contributed by atoms with Crippen molar-refractivity contribution in [2.45, 2.75) is 70.4 Å². The molecule has 0 saturated carbocycles. The summed E-state index contributed by atoms with van der Waals surface area (Å²) in [6.07, 6.45) is -1.22. The maximum atomic E-state index is 10.4. The second-order valence-electron chi connectivity index (χ2n) is 7.07. The number of ether oxygens (including phenoxy) is 2. The lowest BCUT2D eigenvalue weighted by Gasteiger charge is -2.44. The van der Waals surface area contributed by atoms with Gasteiger partial charge in [0, 0.05) is 5.92 Å². The molecule has 0 aromatic rings. The Morgan fingerprint density at radius 3 is 2.44 bits per heavy atom. The Morgan fingerprint density at radius 2 is 1.89 bits per heavy atom. The number of rotatable bonds is 2. The minimum absolute atomic E-state index is 0.0178.